The third kappa shape index (κ3) is 8.71. The average Bonchev–Trinajstić information content (AvgIpc) is 2.45. The first-order valence-corrected chi connectivity index (χ1v) is 8.40. The summed E-state index contributed by atoms with van der Waals surface area (Å²) >= 11 is 0. The highest BCUT2D eigenvalue weighted by Gasteiger charge is 2.10. The molecule has 0 N–H and O–H groups in total. The van der Waals surface area contributed by atoms with Crippen molar-refractivity contribution in [1.82, 2.24) is 9.80 Å². The molecule has 0 bridgehead atoms. The molecule has 122 valence electrons. The number of hydrogen-bond donors (Lipinski definition) is 0. The highest BCUT2D eigenvalue weighted by atomic mass is 35.5. The van der Waals surface area contributed by atoms with E-state index in [2.05, 4.69) is 9.80 Å². The summed E-state index contributed by atoms with van der Waals surface area (Å²) in [5.41, 5.74) is 0. The topological polar surface area (TPSA) is 6.48 Å². The molecule has 2 saturated heterocycles. The van der Waals surface area contributed by atoms with Crippen LogP contribution in [0.15, 0.2) is 0 Å². The predicted molar refractivity (Wildman–Crippen MR) is 93.5 cm³/mol. The smallest absolute Gasteiger partial charge is 0.00187 e. The van der Waals surface area contributed by atoms with Crippen LogP contribution < -0.4 is 0 Å². The van der Waals surface area contributed by atoms with Crippen molar-refractivity contribution >= 4 is 24.8 Å². The lowest BCUT2D eigenvalue weighted by Gasteiger charge is -2.27. The van der Waals surface area contributed by atoms with Gasteiger partial charge in [-0.15, -0.1) is 24.8 Å². The fraction of sp³-hybridized carbons (Fsp3) is 1.00. The Labute approximate surface area is 138 Å². The van der Waals surface area contributed by atoms with Crippen molar-refractivity contribution in [2.45, 2.75) is 64.2 Å². The van der Waals surface area contributed by atoms with Crippen LogP contribution in [0, 0.1) is 0 Å². The number of unbranched alkanes of at least 4 members (excludes halogenated alkanes) is 3. The fourth-order valence-electron chi connectivity index (χ4n) is 3.39. The molecule has 20 heavy (non-hydrogen) atoms. The molecular formula is C16H34Cl2N2. The second-order valence-electron chi connectivity index (χ2n) is 6.22. The summed E-state index contributed by atoms with van der Waals surface area (Å²) in [6, 6.07) is 0. The lowest BCUT2D eigenvalue weighted by Crippen LogP contribution is -2.31. The number of nitrogens with zero attached hydrogens (tertiary/aromatic N) is 2. The molecule has 0 aromatic heterocycles. The Morgan fingerprint density at radius 1 is 0.450 bits per heavy atom. The van der Waals surface area contributed by atoms with Crippen LogP contribution in [0.25, 0.3) is 0 Å². The molecule has 0 spiro atoms. The molecule has 2 aliphatic rings. The molecule has 0 aromatic rings. The average molecular weight is 325 g/mol. The van der Waals surface area contributed by atoms with Gasteiger partial charge in [0.15, 0.2) is 0 Å². The van der Waals surface area contributed by atoms with E-state index in [1.807, 2.05) is 0 Å². The zero-order valence-corrected chi connectivity index (χ0v) is 14.7. The maximum absolute atomic E-state index is 2.67. The van der Waals surface area contributed by atoms with Gasteiger partial charge < -0.3 is 9.80 Å². The number of hydrogen-bond acceptors (Lipinski definition) is 2. The fourth-order valence-corrected chi connectivity index (χ4v) is 3.39. The summed E-state index contributed by atoms with van der Waals surface area (Å²) in [4.78, 5) is 5.35. The SMILES string of the molecule is C(CCCN1CCCCC1)CCN1CCCCC1.Cl.Cl. The van der Waals surface area contributed by atoms with E-state index < -0.39 is 0 Å². The molecule has 2 aliphatic heterocycles. The third-order valence-corrected chi connectivity index (χ3v) is 4.60. The van der Waals surface area contributed by atoms with Gasteiger partial charge in [-0.3, -0.25) is 0 Å². The third-order valence-electron chi connectivity index (χ3n) is 4.60. The normalized spacial score (nSPS) is 21.0. The van der Waals surface area contributed by atoms with Gasteiger partial charge in [0.2, 0.25) is 0 Å². The molecule has 0 amide bonds. The van der Waals surface area contributed by atoms with Gasteiger partial charge in [0.25, 0.3) is 0 Å². The van der Waals surface area contributed by atoms with Crippen LogP contribution in [-0.2, 0) is 0 Å². The summed E-state index contributed by atoms with van der Waals surface area (Å²) < 4.78 is 0. The molecule has 2 rings (SSSR count). The molecular weight excluding hydrogens is 291 g/mol. The van der Waals surface area contributed by atoms with Crippen LogP contribution >= 0.6 is 24.8 Å². The summed E-state index contributed by atoms with van der Waals surface area (Å²) in [5, 5.41) is 0. The van der Waals surface area contributed by atoms with Crippen molar-refractivity contribution < 1.29 is 0 Å². The van der Waals surface area contributed by atoms with Gasteiger partial charge in [-0.2, -0.15) is 0 Å². The predicted octanol–water partition coefficient (Wildman–Crippen LogP) is 4.36. The monoisotopic (exact) mass is 324 g/mol. The van der Waals surface area contributed by atoms with Crippen LogP contribution in [0.4, 0.5) is 0 Å². The van der Waals surface area contributed by atoms with E-state index in [0.29, 0.717) is 0 Å². The van der Waals surface area contributed by atoms with E-state index >= 15 is 0 Å². The lowest BCUT2D eigenvalue weighted by molar-refractivity contribution is 0.216. The second kappa shape index (κ2) is 13.2. The Hall–Kier alpha value is 0.500. The number of halogens is 2. The first kappa shape index (κ1) is 20.5. The van der Waals surface area contributed by atoms with Crippen LogP contribution in [0.3, 0.4) is 0 Å². The molecule has 0 aliphatic carbocycles. The zero-order valence-electron chi connectivity index (χ0n) is 13.0. The number of rotatable bonds is 7. The van der Waals surface area contributed by atoms with E-state index in [1.54, 1.807) is 0 Å². The number of piperidine rings is 2. The highest BCUT2D eigenvalue weighted by Crippen LogP contribution is 2.12. The van der Waals surface area contributed by atoms with Gasteiger partial charge in [0, 0.05) is 0 Å². The summed E-state index contributed by atoms with van der Waals surface area (Å²) in [7, 11) is 0. The molecule has 0 radical (unpaired) electrons. The minimum absolute atomic E-state index is 0. The van der Waals surface area contributed by atoms with Crippen molar-refractivity contribution in [3.05, 3.63) is 0 Å². The van der Waals surface area contributed by atoms with Gasteiger partial charge in [-0.1, -0.05) is 25.7 Å². The Bertz CT molecular complexity index is 181. The van der Waals surface area contributed by atoms with Crippen LogP contribution in [-0.4, -0.2) is 49.1 Å². The minimum atomic E-state index is 0. The Morgan fingerprint density at radius 3 is 1.15 bits per heavy atom. The first-order chi connectivity index (χ1) is 8.95. The molecule has 0 saturated carbocycles. The van der Waals surface area contributed by atoms with Gasteiger partial charge in [-0.25, -0.2) is 0 Å². The van der Waals surface area contributed by atoms with Gasteiger partial charge >= 0.3 is 0 Å². The molecule has 0 atom stereocenters. The molecule has 2 fully saturated rings. The molecule has 4 heteroatoms. The van der Waals surface area contributed by atoms with Crippen molar-refractivity contribution in [2.75, 3.05) is 39.3 Å². The molecule has 0 aromatic carbocycles. The Balaban J connectivity index is 0.00000180. The van der Waals surface area contributed by atoms with Crippen LogP contribution in [0.5, 0.6) is 0 Å². The Kier molecular flexibility index (Phi) is 13.5. The van der Waals surface area contributed by atoms with E-state index in [1.165, 1.54) is 103 Å². The summed E-state index contributed by atoms with van der Waals surface area (Å²) in [5.74, 6) is 0. The van der Waals surface area contributed by atoms with Crippen LogP contribution in [0.2, 0.25) is 0 Å². The van der Waals surface area contributed by atoms with E-state index in [-0.39, 0.29) is 24.8 Å². The largest absolute Gasteiger partial charge is 0.303 e. The van der Waals surface area contributed by atoms with Gasteiger partial charge in [-0.05, 0) is 77.8 Å². The quantitative estimate of drug-likeness (QED) is 0.642. The van der Waals surface area contributed by atoms with Crippen LogP contribution in [0.1, 0.15) is 64.2 Å². The maximum Gasteiger partial charge on any atom is -0.00187 e. The minimum Gasteiger partial charge on any atom is -0.303 e. The first-order valence-electron chi connectivity index (χ1n) is 8.40. The van der Waals surface area contributed by atoms with Crippen molar-refractivity contribution in [3.8, 4) is 0 Å². The van der Waals surface area contributed by atoms with E-state index in [0.717, 1.165) is 0 Å². The van der Waals surface area contributed by atoms with Crippen molar-refractivity contribution in [2.24, 2.45) is 0 Å². The standard InChI is InChI=1S/C16H32N2.2ClH/c1(5-11-17-13-7-3-8-14-17)2-6-12-18-15-9-4-10-16-18;;/h1-16H2;2*1H. The van der Waals surface area contributed by atoms with Crippen molar-refractivity contribution in [3.63, 3.8) is 0 Å². The van der Waals surface area contributed by atoms with E-state index in [9.17, 15) is 0 Å². The maximum atomic E-state index is 2.67. The molecule has 2 heterocycles. The molecule has 0 unspecified atom stereocenters. The lowest BCUT2D eigenvalue weighted by atomic mass is 10.1. The second-order valence-corrected chi connectivity index (χ2v) is 6.22. The van der Waals surface area contributed by atoms with Crippen molar-refractivity contribution in [1.29, 1.82) is 0 Å². The molecule has 2 nitrogen and oxygen atoms in total. The van der Waals surface area contributed by atoms with E-state index in [4.69, 9.17) is 0 Å². The summed E-state index contributed by atoms with van der Waals surface area (Å²) in [6.45, 7) is 8.20. The van der Waals surface area contributed by atoms with Gasteiger partial charge in [0.1, 0.15) is 0 Å². The summed E-state index contributed by atoms with van der Waals surface area (Å²) in [6.07, 6.45) is 14.4. The van der Waals surface area contributed by atoms with Gasteiger partial charge in [0.05, 0.1) is 0 Å². The highest BCUT2D eigenvalue weighted by molar-refractivity contribution is 5.85. The zero-order chi connectivity index (χ0) is 12.5. The Morgan fingerprint density at radius 2 is 0.800 bits per heavy atom. The number of likely N-dealkylation sites (tertiary alicyclic amines) is 2.